The summed E-state index contributed by atoms with van der Waals surface area (Å²) in [6.07, 6.45) is -3.76. The van der Waals surface area contributed by atoms with Crippen molar-refractivity contribution in [3.63, 3.8) is 0 Å². The van der Waals surface area contributed by atoms with E-state index in [4.69, 9.17) is 13.9 Å². The van der Waals surface area contributed by atoms with Crippen LogP contribution in [0.25, 0.3) is 0 Å². The average molecular weight is 444 g/mol. The van der Waals surface area contributed by atoms with Crippen LogP contribution < -0.4 is 10.4 Å². The van der Waals surface area contributed by atoms with Crippen LogP contribution in [0, 0.1) is 5.92 Å². The molecule has 1 saturated heterocycles. The summed E-state index contributed by atoms with van der Waals surface area (Å²) in [5.41, 5.74) is -8.89. The van der Waals surface area contributed by atoms with E-state index in [2.05, 4.69) is 0 Å². The second-order valence-electron chi connectivity index (χ2n) is 8.49. The summed E-state index contributed by atoms with van der Waals surface area (Å²) < 4.78 is 15.4. The number of benzene rings is 1. The van der Waals surface area contributed by atoms with Gasteiger partial charge in [-0.2, -0.15) is 0 Å². The summed E-state index contributed by atoms with van der Waals surface area (Å²) >= 11 is 0. The van der Waals surface area contributed by atoms with Crippen molar-refractivity contribution in [2.24, 2.45) is 5.92 Å². The van der Waals surface area contributed by atoms with Crippen molar-refractivity contribution in [1.82, 2.24) is 0 Å². The summed E-state index contributed by atoms with van der Waals surface area (Å²) in [6.45, 7) is 0. The van der Waals surface area contributed by atoms with E-state index in [1.54, 1.807) is 18.2 Å². The van der Waals surface area contributed by atoms with E-state index in [-0.39, 0.29) is 17.1 Å². The average Bonchev–Trinajstić information content (AvgIpc) is 2.87. The lowest BCUT2D eigenvalue weighted by atomic mass is 9.65. The number of esters is 1. The molecule has 32 heavy (non-hydrogen) atoms. The normalized spacial score (nSPS) is 39.6. The van der Waals surface area contributed by atoms with Crippen LogP contribution in [-0.4, -0.2) is 68.3 Å². The summed E-state index contributed by atoms with van der Waals surface area (Å²) in [7, 11) is 1.28. The van der Waals surface area contributed by atoms with Gasteiger partial charge in [-0.05, 0) is 0 Å². The van der Waals surface area contributed by atoms with E-state index in [0.29, 0.717) is 0 Å². The summed E-state index contributed by atoms with van der Waals surface area (Å²) in [5.74, 6) is -6.31. The lowest BCUT2D eigenvalue weighted by Gasteiger charge is -2.50. The summed E-state index contributed by atoms with van der Waals surface area (Å²) in [6, 6.07) is 9.75. The molecule has 1 aliphatic heterocycles. The molecule has 5 rings (SSSR count). The van der Waals surface area contributed by atoms with Gasteiger partial charge < -0.3 is 34.3 Å². The molecule has 7 atom stereocenters. The van der Waals surface area contributed by atoms with Gasteiger partial charge in [0.15, 0.2) is 5.78 Å². The van der Waals surface area contributed by atoms with E-state index in [0.717, 1.165) is 6.07 Å². The van der Waals surface area contributed by atoms with Gasteiger partial charge in [-0.3, -0.25) is 4.79 Å². The fourth-order valence-corrected chi connectivity index (χ4v) is 5.68. The Kier molecular flexibility index (Phi) is 4.22. The van der Waals surface area contributed by atoms with E-state index < -0.39 is 64.6 Å². The number of fused-ring (bicyclic) bond motifs is 2. The number of carbonyl (C=O) groups is 2. The standard InChI is InChI=1S/C22H20O10/c1-30-11-7-12(31-14(23)8-11)16-20(27)9-13-18(25)21(16,28)17(22(20,29)19(26)32-13)15(24)10-5-3-2-4-6-10/h2-8,13,16-18,25,27-29H,9H2,1H3/t13-,16-,17?,18?,20-,21+,22-/m1/s1. The van der Waals surface area contributed by atoms with Crippen molar-refractivity contribution in [3.8, 4) is 5.75 Å². The van der Waals surface area contributed by atoms with Gasteiger partial charge in [-0.15, -0.1) is 0 Å². The predicted octanol–water partition coefficient (Wildman–Crippen LogP) is -0.872. The van der Waals surface area contributed by atoms with Crippen LogP contribution in [0.2, 0.25) is 0 Å². The summed E-state index contributed by atoms with van der Waals surface area (Å²) in [4.78, 5) is 38.5. The monoisotopic (exact) mass is 444 g/mol. The first-order valence-corrected chi connectivity index (χ1v) is 9.93. The van der Waals surface area contributed by atoms with Crippen LogP contribution in [0.5, 0.6) is 5.75 Å². The first kappa shape index (κ1) is 20.8. The van der Waals surface area contributed by atoms with Gasteiger partial charge in [-0.25, -0.2) is 9.59 Å². The Morgan fingerprint density at radius 1 is 1.12 bits per heavy atom. The van der Waals surface area contributed by atoms with Crippen molar-refractivity contribution in [2.75, 3.05) is 7.11 Å². The molecule has 2 unspecified atom stereocenters. The van der Waals surface area contributed by atoms with Gasteiger partial charge in [0.2, 0.25) is 5.60 Å². The second-order valence-corrected chi connectivity index (χ2v) is 8.49. The molecule has 3 fully saturated rings. The molecule has 10 nitrogen and oxygen atoms in total. The molecule has 3 aliphatic rings. The maximum absolute atomic E-state index is 13.5. The van der Waals surface area contributed by atoms with Crippen LogP contribution in [-0.2, 0) is 9.53 Å². The minimum absolute atomic E-state index is 0.0218. The quantitative estimate of drug-likeness (QED) is 0.344. The smallest absolute Gasteiger partial charge is 0.342 e. The third-order valence-electron chi connectivity index (χ3n) is 6.99. The molecular formula is C22H20O10. The molecule has 2 aliphatic carbocycles. The first-order chi connectivity index (χ1) is 15.1. The number of carbonyl (C=O) groups excluding carboxylic acids is 2. The SMILES string of the molecule is COc1cc([C@H]2[C@@]3(O)C(O)[C@H]4C[C@]2(O)[C@](O)(C(=O)O4)C3C(=O)c2ccccc2)oc(=O)c1. The highest BCUT2D eigenvalue weighted by Gasteiger charge is 2.88. The Balaban J connectivity index is 1.80. The zero-order chi connectivity index (χ0) is 23.1. The largest absolute Gasteiger partial charge is 0.496 e. The van der Waals surface area contributed by atoms with E-state index in [1.165, 1.54) is 25.3 Å². The maximum atomic E-state index is 13.5. The van der Waals surface area contributed by atoms with Crippen LogP contribution >= 0.6 is 0 Å². The lowest BCUT2D eigenvalue weighted by molar-refractivity contribution is -0.252. The maximum Gasteiger partial charge on any atom is 0.342 e. The minimum Gasteiger partial charge on any atom is -0.496 e. The zero-order valence-corrected chi connectivity index (χ0v) is 16.8. The predicted molar refractivity (Wildman–Crippen MR) is 104 cm³/mol. The number of hydrogen-bond acceptors (Lipinski definition) is 10. The number of Topliss-reactive ketones (excluding diaryl/α,β-unsaturated/α-hetero) is 1. The third-order valence-corrected chi connectivity index (χ3v) is 6.99. The fraction of sp³-hybridized carbons (Fsp3) is 0.409. The van der Waals surface area contributed by atoms with Gasteiger partial charge >= 0.3 is 11.6 Å². The minimum atomic E-state index is -2.92. The van der Waals surface area contributed by atoms with Gasteiger partial charge in [0.25, 0.3) is 0 Å². The molecule has 0 spiro atoms. The Morgan fingerprint density at radius 3 is 2.47 bits per heavy atom. The van der Waals surface area contributed by atoms with E-state index >= 15 is 0 Å². The van der Waals surface area contributed by atoms with E-state index in [9.17, 15) is 34.8 Å². The molecule has 1 aromatic carbocycles. The van der Waals surface area contributed by atoms with Crippen LogP contribution in [0.3, 0.4) is 0 Å². The number of ether oxygens (including phenoxy) is 2. The van der Waals surface area contributed by atoms with Crippen molar-refractivity contribution in [2.45, 2.75) is 41.3 Å². The topological polar surface area (TPSA) is 164 Å². The Labute approximate surface area is 180 Å². The number of aliphatic hydroxyl groups excluding tert-OH is 1. The molecule has 4 N–H and O–H groups in total. The Hall–Kier alpha value is -3.05. The Morgan fingerprint density at radius 2 is 1.81 bits per heavy atom. The number of hydrogen-bond donors (Lipinski definition) is 4. The molecule has 3 bridgehead atoms. The first-order valence-electron chi connectivity index (χ1n) is 9.93. The molecule has 1 aromatic heterocycles. The molecular weight excluding hydrogens is 424 g/mol. The molecule has 2 heterocycles. The number of ketones is 1. The molecule has 0 radical (unpaired) electrons. The van der Waals surface area contributed by atoms with Gasteiger partial charge in [0.05, 0.1) is 25.0 Å². The highest BCUT2D eigenvalue weighted by Crippen LogP contribution is 2.67. The fourth-order valence-electron chi connectivity index (χ4n) is 5.68. The van der Waals surface area contributed by atoms with Crippen molar-refractivity contribution < 1.29 is 43.9 Å². The molecule has 10 heteroatoms. The highest BCUT2D eigenvalue weighted by atomic mass is 16.6. The van der Waals surface area contributed by atoms with E-state index in [1.807, 2.05) is 0 Å². The number of rotatable bonds is 4. The molecule has 2 aromatic rings. The third kappa shape index (κ3) is 2.29. The summed E-state index contributed by atoms with van der Waals surface area (Å²) in [5, 5.41) is 46.1. The van der Waals surface area contributed by atoms with Gasteiger partial charge in [0, 0.05) is 18.1 Å². The van der Waals surface area contributed by atoms with Gasteiger partial charge in [0.1, 0.15) is 34.9 Å². The van der Waals surface area contributed by atoms with Crippen molar-refractivity contribution in [3.05, 3.63) is 64.2 Å². The van der Waals surface area contributed by atoms with Crippen molar-refractivity contribution >= 4 is 11.8 Å². The van der Waals surface area contributed by atoms with Crippen LogP contribution in [0.15, 0.2) is 51.7 Å². The second kappa shape index (κ2) is 6.48. The van der Waals surface area contributed by atoms with Crippen LogP contribution in [0.1, 0.15) is 28.5 Å². The van der Waals surface area contributed by atoms with Crippen molar-refractivity contribution in [1.29, 1.82) is 0 Å². The van der Waals surface area contributed by atoms with Crippen LogP contribution in [0.4, 0.5) is 0 Å². The lowest BCUT2D eigenvalue weighted by Crippen LogP contribution is -2.69. The Bertz CT molecular complexity index is 1170. The highest BCUT2D eigenvalue weighted by molar-refractivity contribution is 6.05. The molecule has 168 valence electrons. The molecule has 0 amide bonds. The zero-order valence-electron chi connectivity index (χ0n) is 16.8. The number of aliphatic hydroxyl groups is 4. The van der Waals surface area contributed by atoms with Gasteiger partial charge in [-0.1, -0.05) is 30.3 Å². The number of methoxy groups -OCH3 is 1. The molecule has 2 saturated carbocycles.